The molecule has 138 valence electrons. The fourth-order valence-electron chi connectivity index (χ4n) is 3.95. The summed E-state index contributed by atoms with van der Waals surface area (Å²) in [5, 5.41) is 9.47. The fourth-order valence-corrected chi connectivity index (χ4v) is 3.95. The van der Waals surface area contributed by atoms with Crippen LogP contribution in [0.15, 0.2) is 42.5 Å². The van der Waals surface area contributed by atoms with Gasteiger partial charge in [0.15, 0.2) is 0 Å². The van der Waals surface area contributed by atoms with E-state index in [1.807, 2.05) is 19.1 Å². The second-order valence-corrected chi connectivity index (χ2v) is 7.14. The quantitative estimate of drug-likeness (QED) is 0.868. The summed E-state index contributed by atoms with van der Waals surface area (Å²) in [6.07, 6.45) is 1.68. The van der Waals surface area contributed by atoms with Crippen molar-refractivity contribution in [3.8, 4) is 16.9 Å². The maximum Gasteiger partial charge on any atom is 0.308 e. The summed E-state index contributed by atoms with van der Waals surface area (Å²) >= 11 is 0. The van der Waals surface area contributed by atoms with Gasteiger partial charge in [0.2, 0.25) is 0 Å². The Morgan fingerprint density at radius 2 is 2.04 bits per heavy atom. The summed E-state index contributed by atoms with van der Waals surface area (Å²) in [6, 6.07) is 14.6. The first-order valence-corrected chi connectivity index (χ1v) is 9.21. The van der Waals surface area contributed by atoms with E-state index in [1.165, 1.54) is 16.7 Å². The Bertz CT molecular complexity index is 787. The Morgan fingerprint density at radius 1 is 1.27 bits per heavy atom. The van der Waals surface area contributed by atoms with E-state index >= 15 is 0 Å². The number of hydrogen-bond acceptors (Lipinski definition) is 3. The lowest BCUT2D eigenvalue weighted by atomic mass is 9.89. The lowest BCUT2D eigenvalue weighted by Gasteiger charge is -2.37. The van der Waals surface area contributed by atoms with Gasteiger partial charge in [-0.3, -0.25) is 9.69 Å². The summed E-state index contributed by atoms with van der Waals surface area (Å²) < 4.78 is 5.57. The van der Waals surface area contributed by atoms with Gasteiger partial charge in [0.1, 0.15) is 5.75 Å². The van der Waals surface area contributed by atoms with Crippen LogP contribution in [-0.2, 0) is 11.3 Å². The van der Waals surface area contributed by atoms with Crippen LogP contribution in [0.1, 0.15) is 30.9 Å². The number of aliphatic carboxylic acids is 1. The second kappa shape index (κ2) is 7.92. The largest absolute Gasteiger partial charge is 0.496 e. The molecule has 0 radical (unpaired) electrons. The van der Waals surface area contributed by atoms with Crippen molar-refractivity contribution >= 4 is 5.97 Å². The molecule has 26 heavy (non-hydrogen) atoms. The van der Waals surface area contributed by atoms with Crippen molar-refractivity contribution in [1.29, 1.82) is 0 Å². The Kier molecular flexibility index (Phi) is 5.62. The first kappa shape index (κ1) is 18.5. The van der Waals surface area contributed by atoms with Crippen LogP contribution in [0.2, 0.25) is 0 Å². The second-order valence-electron chi connectivity index (χ2n) is 7.14. The highest BCUT2D eigenvalue weighted by atomic mass is 16.5. The molecule has 0 saturated carbocycles. The maximum atomic E-state index is 11.5. The van der Waals surface area contributed by atoms with E-state index in [-0.39, 0.29) is 12.0 Å². The van der Waals surface area contributed by atoms with Gasteiger partial charge in [-0.05, 0) is 62.1 Å². The van der Waals surface area contributed by atoms with E-state index in [0.29, 0.717) is 6.54 Å². The van der Waals surface area contributed by atoms with Crippen molar-refractivity contribution in [1.82, 2.24) is 4.90 Å². The molecule has 2 atom stereocenters. The number of methoxy groups -OCH3 is 1. The SMILES string of the molecule is COc1ccc(-c2ccccc2C)cc1CN1CCC[C@H](C(=O)O)[C@@H]1C. The lowest BCUT2D eigenvalue weighted by molar-refractivity contribution is -0.145. The van der Waals surface area contributed by atoms with Crippen LogP contribution in [0.4, 0.5) is 0 Å². The van der Waals surface area contributed by atoms with Gasteiger partial charge in [0.25, 0.3) is 0 Å². The maximum absolute atomic E-state index is 11.5. The fraction of sp³-hybridized carbons (Fsp3) is 0.409. The summed E-state index contributed by atoms with van der Waals surface area (Å²) in [5.41, 5.74) is 4.72. The Labute approximate surface area is 155 Å². The topological polar surface area (TPSA) is 49.8 Å². The number of aryl methyl sites for hydroxylation is 1. The zero-order chi connectivity index (χ0) is 18.7. The molecule has 4 nitrogen and oxygen atoms in total. The average molecular weight is 353 g/mol. The number of benzene rings is 2. The van der Waals surface area contributed by atoms with E-state index in [4.69, 9.17) is 4.74 Å². The Hall–Kier alpha value is -2.33. The van der Waals surface area contributed by atoms with Gasteiger partial charge >= 0.3 is 5.97 Å². The Balaban J connectivity index is 1.90. The standard InChI is InChI=1S/C22H27NO3/c1-15-7-4-5-8-19(15)17-10-11-21(26-3)18(13-17)14-23-12-6-9-20(16(23)2)22(24)25/h4-5,7-8,10-11,13,16,20H,6,9,12,14H2,1-3H3,(H,24,25)/t16-,20-/m0/s1. The first-order valence-electron chi connectivity index (χ1n) is 9.21. The van der Waals surface area contributed by atoms with Gasteiger partial charge < -0.3 is 9.84 Å². The Morgan fingerprint density at radius 3 is 2.73 bits per heavy atom. The third-order valence-corrected chi connectivity index (χ3v) is 5.55. The highest BCUT2D eigenvalue weighted by Crippen LogP contribution is 2.32. The molecule has 2 aromatic rings. The number of nitrogens with zero attached hydrogens (tertiary/aromatic N) is 1. The number of rotatable bonds is 5. The molecule has 4 heteroatoms. The van der Waals surface area contributed by atoms with Crippen LogP contribution in [0.3, 0.4) is 0 Å². The number of carbonyl (C=O) groups is 1. The molecule has 2 aromatic carbocycles. The van der Waals surface area contributed by atoms with E-state index in [9.17, 15) is 9.90 Å². The van der Waals surface area contributed by atoms with Gasteiger partial charge in [-0.1, -0.05) is 30.3 Å². The van der Waals surface area contributed by atoms with Gasteiger partial charge in [0.05, 0.1) is 13.0 Å². The number of piperidine rings is 1. The summed E-state index contributed by atoms with van der Waals surface area (Å²) in [6.45, 7) is 5.76. The molecule has 0 amide bonds. The van der Waals surface area contributed by atoms with Crippen LogP contribution < -0.4 is 4.74 Å². The molecule has 1 aliphatic heterocycles. The molecule has 1 fully saturated rings. The predicted molar refractivity (Wildman–Crippen MR) is 103 cm³/mol. The molecule has 3 rings (SSSR count). The van der Waals surface area contributed by atoms with Crippen molar-refractivity contribution in [3.05, 3.63) is 53.6 Å². The van der Waals surface area contributed by atoms with E-state index in [1.54, 1.807) is 7.11 Å². The summed E-state index contributed by atoms with van der Waals surface area (Å²) in [7, 11) is 1.69. The summed E-state index contributed by atoms with van der Waals surface area (Å²) in [4.78, 5) is 13.8. The van der Waals surface area contributed by atoms with Crippen molar-refractivity contribution < 1.29 is 14.6 Å². The highest BCUT2D eigenvalue weighted by Gasteiger charge is 2.33. The minimum absolute atomic E-state index is 0.0214. The molecule has 0 aliphatic carbocycles. The molecule has 0 spiro atoms. The van der Waals surface area contributed by atoms with Crippen molar-refractivity contribution in [2.75, 3.05) is 13.7 Å². The number of ether oxygens (including phenoxy) is 1. The molecular formula is C22H27NO3. The van der Waals surface area contributed by atoms with Crippen molar-refractivity contribution in [2.24, 2.45) is 5.92 Å². The van der Waals surface area contributed by atoms with Crippen molar-refractivity contribution in [3.63, 3.8) is 0 Å². The first-order chi connectivity index (χ1) is 12.5. The van der Waals surface area contributed by atoms with Crippen LogP contribution in [0, 0.1) is 12.8 Å². The highest BCUT2D eigenvalue weighted by molar-refractivity contribution is 5.71. The zero-order valence-corrected chi connectivity index (χ0v) is 15.7. The van der Waals surface area contributed by atoms with Crippen LogP contribution in [0.5, 0.6) is 5.75 Å². The van der Waals surface area contributed by atoms with Crippen LogP contribution in [-0.4, -0.2) is 35.7 Å². The van der Waals surface area contributed by atoms with E-state index in [2.05, 4.69) is 42.2 Å². The van der Waals surface area contributed by atoms with E-state index < -0.39 is 5.97 Å². The zero-order valence-electron chi connectivity index (χ0n) is 15.7. The molecule has 0 unspecified atom stereocenters. The molecule has 1 heterocycles. The number of carboxylic acids is 1. The number of hydrogen-bond donors (Lipinski definition) is 1. The smallest absolute Gasteiger partial charge is 0.308 e. The minimum atomic E-state index is -0.692. The number of carboxylic acid groups (broad SMARTS) is 1. The van der Waals surface area contributed by atoms with Gasteiger partial charge in [-0.15, -0.1) is 0 Å². The third kappa shape index (κ3) is 3.75. The molecule has 0 bridgehead atoms. The van der Waals surface area contributed by atoms with Gasteiger partial charge in [0, 0.05) is 18.2 Å². The minimum Gasteiger partial charge on any atom is -0.496 e. The van der Waals surface area contributed by atoms with Crippen molar-refractivity contribution in [2.45, 2.75) is 39.3 Å². The average Bonchev–Trinajstić information content (AvgIpc) is 2.63. The molecule has 0 aromatic heterocycles. The predicted octanol–water partition coefficient (Wildman–Crippen LogP) is 4.36. The van der Waals surface area contributed by atoms with Gasteiger partial charge in [-0.25, -0.2) is 0 Å². The molecule has 1 aliphatic rings. The number of likely N-dealkylation sites (tertiary alicyclic amines) is 1. The third-order valence-electron chi connectivity index (χ3n) is 5.55. The molecule has 1 N–H and O–H groups in total. The monoisotopic (exact) mass is 353 g/mol. The molecular weight excluding hydrogens is 326 g/mol. The summed E-state index contributed by atoms with van der Waals surface area (Å²) in [5.74, 6) is -0.135. The van der Waals surface area contributed by atoms with Crippen LogP contribution >= 0.6 is 0 Å². The lowest BCUT2D eigenvalue weighted by Crippen LogP contribution is -2.45. The molecule has 1 saturated heterocycles. The normalized spacial score (nSPS) is 20.7. The van der Waals surface area contributed by atoms with Crippen LogP contribution in [0.25, 0.3) is 11.1 Å². The van der Waals surface area contributed by atoms with E-state index in [0.717, 1.165) is 30.7 Å². The van der Waals surface area contributed by atoms with Gasteiger partial charge in [-0.2, -0.15) is 0 Å².